The van der Waals surface area contributed by atoms with Gasteiger partial charge in [-0.15, -0.1) is 0 Å². The minimum absolute atomic E-state index is 0.0182. The van der Waals surface area contributed by atoms with Gasteiger partial charge in [0, 0.05) is 18.2 Å². The zero-order valence-corrected chi connectivity index (χ0v) is 10.4. The van der Waals surface area contributed by atoms with Crippen molar-refractivity contribution in [1.82, 2.24) is 5.32 Å². The molecular formula is C14H21NO. The fourth-order valence-corrected chi connectivity index (χ4v) is 2.28. The zero-order chi connectivity index (χ0) is 11.6. The van der Waals surface area contributed by atoms with Crippen LogP contribution in [0, 0.1) is 6.92 Å². The molecule has 1 unspecified atom stereocenters. The molecule has 2 nitrogen and oxygen atoms in total. The van der Waals surface area contributed by atoms with Gasteiger partial charge in [-0.2, -0.15) is 0 Å². The third-order valence-corrected chi connectivity index (χ3v) is 3.23. The normalized spacial score (nSPS) is 21.3. The molecule has 1 aromatic rings. The smallest absolute Gasteiger partial charge is 0.0620 e. The zero-order valence-electron chi connectivity index (χ0n) is 10.4. The second-order valence-corrected chi connectivity index (χ2v) is 5.20. The van der Waals surface area contributed by atoms with Crippen LogP contribution in [0.2, 0.25) is 0 Å². The highest BCUT2D eigenvalue weighted by molar-refractivity contribution is 5.28. The summed E-state index contributed by atoms with van der Waals surface area (Å²) in [6.45, 7) is 8.34. The molecule has 1 heterocycles. The van der Waals surface area contributed by atoms with E-state index in [0.717, 1.165) is 19.6 Å². The van der Waals surface area contributed by atoms with Crippen molar-refractivity contribution >= 4 is 0 Å². The van der Waals surface area contributed by atoms with Crippen LogP contribution < -0.4 is 5.32 Å². The van der Waals surface area contributed by atoms with Crippen molar-refractivity contribution in [2.75, 3.05) is 13.2 Å². The molecule has 0 saturated carbocycles. The Bertz CT molecular complexity index is 354. The highest BCUT2D eigenvalue weighted by Crippen LogP contribution is 2.23. The fraction of sp³-hybridized carbons (Fsp3) is 0.571. The van der Waals surface area contributed by atoms with Crippen LogP contribution in [0.25, 0.3) is 0 Å². The van der Waals surface area contributed by atoms with Crippen LogP contribution in [0.15, 0.2) is 24.3 Å². The first kappa shape index (κ1) is 11.6. The van der Waals surface area contributed by atoms with Crippen molar-refractivity contribution in [3.05, 3.63) is 35.4 Å². The van der Waals surface area contributed by atoms with E-state index >= 15 is 0 Å². The highest BCUT2D eigenvalue weighted by Gasteiger charge is 2.26. The Morgan fingerprint density at radius 2 is 2.19 bits per heavy atom. The van der Waals surface area contributed by atoms with Crippen molar-refractivity contribution in [3.8, 4) is 0 Å². The first-order chi connectivity index (χ1) is 7.58. The molecule has 1 aliphatic heterocycles. The summed E-state index contributed by atoms with van der Waals surface area (Å²) in [5.74, 6) is 0. The average molecular weight is 219 g/mol. The van der Waals surface area contributed by atoms with Crippen LogP contribution in [-0.2, 0) is 10.3 Å². The van der Waals surface area contributed by atoms with Crippen molar-refractivity contribution in [2.24, 2.45) is 0 Å². The fourth-order valence-electron chi connectivity index (χ4n) is 2.28. The molecule has 16 heavy (non-hydrogen) atoms. The van der Waals surface area contributed by atoms with E-state index in [2.05, 4.69) is 50.4 Å². The van der Waals surface area contributed by atoms with Crippen LogP contribution in [-0.4, -0.2) is 19.3 Å². The van der Waals surface area contributed by atoms with Gasteiger partial charge in [0.2, 0.25) is 0 Å². The van der Waals surface area contributed by atoms with Gasteiger partial charge >= 0.3 is 0 Å². The van der Waals surface area contributed by atoms with Gasteiger partial charge in [0.25, 0.3) is 0 Å². The van der Waals surface area contributed by atoms with Gasteiger partial charge in [-0.1, -0.05) is 29.8 Å². The second-order valence-electron chi connectivity index (χ2n) is 5.20. The maximum absolute atomic E-state index is 5.40. The van der Waals surface area contributed by atoms with Crippen molar-refractivity contribution in [1.29, 1.82) is 0 Å². The van der Waals surface area contributed by atoms with Gasteiger partial charge in [-0.05, 0) is 32.8 Å². The molecular weight excluding hydrogens is 198 g/mol. The Balaban J connectivity index is 2.10. The molecule has 88 valence electrons. The van der Waals surface area contributed by atoms with Gasteiger partial charge in [-0.3, -0.25) is 0 Å². The minimum Gasteiger partial charge on any atom is -0.380 e. The number of ether oxygens (including phenoxy) is 1. The topological polar surface area (TPSA) is 21.3 Å². The van der Waals surface area contributed by atoms with Crippen LogP contribution in [0.5, 0.6) is 0 Å². The van der Waals surface area contributed by atoms with E-state index in [1.807, 2.05) is 0 Å². The number of aryl methyl sites for hydroxylation is 1. The van der Waals surface area contributed by atoms with E-state index in [0.29, 0.717) is 6.04 Å². The van der Waals surface area contributed by atoms with E-state index in [-0.39, 0.29) is 5.54 Å². The maximum atomic E-state index is 5.40. The molecule has 0 bridgehead atoms. The number of rotatable bonds is 3. The lowest BCUT2D eigenvalue weighted by molar-refractivity contribution is 0.183. The van der Waals surface area contributed by atoms with E-state index in [4.69, 9.17) is 4.74 Å². The van der Waals surface area contributed by atoms with Crippen LogP contribution >= 0.6 is 0 Å². The Morgan fingerprint density at radius 3 is 2.81 bits per heavy atom. The third-order valence-electron chi connectivity index (χ3n) is 3.23. The molecule has 2 heteroatoms. The average Bonchev–Trinajstić information content (AvgIpc) is 2.70. The predicted molar refractivity (Wildman–Crippen MR) is 66.6 cm³/mol. The first-order valence-electron chi connectivity index (χ1n) is 6.00. The lowest BCUT2D eigenvalue weighted by Gasteiger charge is -2.30. The third kappa shape index (κ3) is 2.63. The van der Waals surface area contributed by atoms with Crippen molar-refractivity contribution in [2.45, 2.75) is 38.8 Å². The Kier molecular flexibility index (Phi) is 3.31. The van der Waals surface area contributed by atoms with Gasteiger partial charge in [0.05, 0.1) is 6.61 Å². The second kappa shape index (κ2) is 4.56. The van der Waals surface area contributed by atoms with E-state index in [1.54, 1.807) is 0 Å². The van der Waals surface area contributed by atoms with Crippen molar-refractivity contribution < 1.29 is 4.74 Å². The summed E-state index contributed by atoms with van der Waals surface area (Å²) in [5, 5.41) is 3.67. The van der Waals surface area contributed by atoms with E-state index in [1.165, 1.54) is 11.1 Å². The van der Waals surface area contributed by atoms with Crippen molar-refractivity contribution in [3.63, 3.8) is 0 Å². The molecule has 0 aromatic heterocycles. The summed E-state index contributed by atoms with van der Waals surface area (Å²) in [5.41, 5.74) is 2.68. The summed E-state index contributed by atoms with van der Waals surface area (Å²) in [7, 11) is 0. The molecule has 1 atom stereocenters. The summed E-state index contributed by atoms with van der Waals surface area (Å²) >= 11 is 0. The Hall–Kier alpha value is -0.860. The summed E-state index contributed by atoms with van der Waals surface area (Å²) < 4.78 is 5.40. The Morgan fingerprint density at radius 1 is 1.38 bits per heavy atom. The first-order valence-corrected chi connectivity index (χ1v) is 6.00. The number of hydrogen-bond donors (Lipinski definition) is 1. The maximum Gasteiger partial charge on any atom is 0.0620 e. The van der Waals surface area contributed by atoms with Crippen LogP contribution in [0.1, 0.15) is 31.4 Å². The molecule has 0 radical (unpaired) electrons. The van der Waals surface area contributed by atoms with Gasteiger partial charge in [-0.25, -0.2) is 0 Å². The molecule has 0 amide bonds. The Labute approximate surface area is 98.0 Å². The van der Waals surface area contributed by atoms with E-state index < -0.39 is 0 Å². The SMILES string of the molecule is Cc1cccc(C(C)(C)NC2CCOC2)c1. The molecule has 1 N–H and O–H groups in total. The molecule has 1 fully saturated rings. The molecule has 1 aromatic carbocycles. The largest absolute Gasteiger partial charge is 0.380 e. The van der Waals surface area contributed by atoms with Crippen LogP contribution in [0.4, 0.5) is 0 Å². The number of benzene rings is 1. The number of nitrogens with one attached hydrogen (secondary N) is 1. The number of hydrogen-bond acceptors (Lipinski definition) is 2. The van der Waals surface area contributed by atoms with Gasteiger partial charge in [0.1, 0.15) is 0 Å². The van der Waals surface area contributed by atoms with Gasteiger partial charge in [0.15, 0.2) is 0 Å². The standard InChI is InChI=1S/C14H21NO/c1-11-5-4-6-12(9-11)14(2,3)15-13-7-8-16-10-13/h4-6,9,13,15H,7-8,10H2,1-3H3. The molecule has 0 aliphatic carbocycles. The summed E-state index contributed by atoms with van der Waals surface area (Å²) in [6, 6.07) is 9.20. The predicted octanol–water partition coefficient (Wildman–Crippen LogP) is 2.61. The molecule has 2 rings (SSSR count). The lowest BCUT2D eigenvalue weighted by Crippen LogP contribution is -2.44. The summed E-state index contributed by atoms with van der Waals surface area (Å²) in [4.78, 5) is 0. The molecule has 0 spiro atoms. The highest BCUT2D eigenvalue weighted by atomic mass is 16.5. The van der Waals surface area contributed by atoms with E-state index in [9.17, 15) is 0 Å². The summed E-state index contributed by atoms with van der Waals surface area (Å²) in [6.07, 6.45) is 1.12. The minimum atomic E-state index is 0.0182. The van der Waals surface area contributed by atoms with Gasteiger partial charge < -0.3 is 10.1 Å². The monoisotopic (exact) mass is 219 g/mol. The van der Waals surface area contributed by atoms with Crippen LogP contribution in [0.3, 0.4) is 0 Å². The lowest BCUT2D eigenvalue weighted by atomic mass is 9.92. The quantitative estimate of drug-likeness (QED) is 0.843. The molecule has 1 aliphatic rings. The molecule has 1 saturated heterocycles.